The molecule has 0 spiro atoms. The lowest BCUT2D eigenvalue weighted by molar-refractivity contribution is 0.107. The maximum absolute atomic E-state index is 10.3. The van der Waals surface area contributed by atoms with E-state index in [9.17, 15) is 15.3 Å². The van der Waals surface area contributed by atoms with Gasteiger partial charge in [0.2, 0.25) is 0 Å². The number of ether oxygens (including phenoxy) is 1. The fourth-order valence-corrected chi connectivity index (χ4v) is 3.88. The summed E-state index contributed by atoms with van der Waals surface area (Å²) in [5.74, 6) is 1.32. The zero-order valence-corrected chi connectivity index (χ0v) is 17.7. The maximum atomic E-state index is 10.3. The summed E-state index contributed by atoms with van der Waals surface area (Å²) in [6, 6.07) is 22.2. The van der Waals surface area contributed by atoms with Gasteiger partial charge in [-0.15, -0.1) is 0 Å². The molecule has 0 amide bonds. The van der Waals surface area contributed by atoms with E-state index in [0.717, 1.165) is 34.2 Å². The number of benzene rings is 3. The minimum Gasteiger partial charge on any atom is -0.508 e. The van der Waals surface area contributed by atoms with Crippen LogP contribution in [0.1, 0.15) is 23.5 Å². The first-order chi connectivity index (χ1) is 15.6. The highest BCUT2D eigenvalue weighted by Crippen LogP contribution is 2.30. The molecule has 1 heterocycles. The highest BCUT2D eigenvalue weighted by molar-refractivity contribution is 5.85. The molecule has 4 rings (SSSR count). The number of hydrogen-bond acceptors (Lipinski definition) is 5. The number of aromatic nitrogens is 1. The second-order valence-electron chi connectivity index (χ2n) is 7.89. The monoisotopic (exact) mass is 432 g/mol. The highest BCUT2D eigenvalue weighted by Gasteiger charge is 2.15. The van der Waals surface area contributed by atoms with E-state index in [1.54, 1.807) is 24.3 Å². The fourth-order valence-electron chi connectivity index (χ4n) is 3.88. The van der Waals surface area contributed by atoms with Gasteiger partial charge in [-0.05, 0) is 66.6 Å². The SMILES string of the molecule is Oc1ccc(C(CCNCC(O)COc2cccc3[nH]ccc23)c2ccc(O)cc2)cc1. The first-order valence-corrected chi connectivity index (χ1v) is 10.8. The molecule has 6 heteroatoms. The smallest absolute Gasteiger partial charge is 0.128 e. The van der Waals surface area contributed by atoms with Gasteiger partial charge in [0.1, 0.15) is 30.0 Å². The molecular weight excluding hydrogens is 404 g/mol. The van der Waals surface area contributed by atoms with Crippen LogP contribution in [0.15, 0.2) is 79.0 Å². The Morgan fingerprint density at radius 2 is 1.50 bits per heavy atom. The minimum atomic E-state index is -0.634. The van der Waals surface area contributed by atoms with Gasteiger partial charge in [0.25, 0.3) is 0 Å². The second-order valence-corrected chi connectivity index (χ2v) is 7.89. The summed E-state index contributed by atoms with van der Waals surface area (Å²) in [5, 5.41) is 33.9. The van der Waals surface area contributed by atoms with Gasteiger partial charge < -0.3 is 30.4 Å². The molecule has 0 saturated carbocycles. The maximum Gasteiger partial charge on any atom is 0.128 e. The van der Waals surface area contributed by atoms with Crippen molar-refractivity contribution in [1.29, 1.82) is 0 Å². The topological polar surface area (TPSA) is 97.7 Å². The molecule has 0 aliphatic carbocycles. The number of rotatable bonds is 10. The first-order valence-electron chi connectivity index (χ1n) is 10.8. The number of fused-ring (bicyclic) bond motifs is 1. The van der Waals surface area contributed by atoms with Crippen molar-refractivity contribution in [1.82, 2.24) is 10.3 Å². The third-order valence-corrected chi connectivity index (χ3v) is 5.57. The molecule has 4 aromatic rings. The third kappa shape index (κ3) is 5.41. The molecular formula is C26H28N2O4. The molecule has 0 fully saturated rings. The van der Waals surface area contributed by atoms with Crippen molar-refractivity contribution in [3.63, 3.8) is 0 Å². The number of nitrogens with one attached hydrogen (secondary N) is 2. The minimum absolute atomic E-state index is 0.100. The van der Waals surface area contributed by atoms with E-state index in [1.165, 1.54) is 0 Å². The zero-order chi connectivity index (χ0) is 22.3. The zero-order valence-electron chi connectivity index (χ0n) is 17.7. The van der Waals surface area contributed by atoms with Crippen molar-refractivity contribution in [2.24, 2.45) is 0 Å². The fraction of sp³-hybridized carbons (Fsp3) is 0.231. The van der Waals surface area contributed by atoms with E-state index in [-0.39, 0.29) is 24.0 Å². The van der Waals surface area contributed by atoms with Crippen molar-refractivity contribution in [3.8, 4) is 17.2 Å². The molecule has 32 heavy (non-hydrogen) atoms. The van der Waals surface area contributed by atoms with Gasteiger partial charge in [0, 0.05) is 29.6 Å². The number of aromatic hydroxyl groups is 2. The van der Waals surface area contributed by atoms with Crippen molar-refractivity contribution in [2.45, 2.75) is 18.4 Å². The van der Waals surface area contributed by atoms with Gasteiger partial charge in [0.05, 0.1) is 0 Å². The summed E-state index contributed by atoms with van der Waals surface area (Å²) in [4.78, 5) is 3.15. The van der Waals surface area contributed by atoms with Crippen molar-refractivity contribution < 1.29 is 20.1 Å². The van der Waals surface area contributed by atoms with E-state index in [1.807, 2.05) is 54.7 Å². The van der Waals surface area contributed by atoms with Crippen LogP contribution in [0.3, 0.4) is 0 Å². The summed E-state index contributed by atoms with van der Waals surface area (Å²) in [6.45, 7) is 1.31. The van der Waals surface area contributed by atoms with Crippen molar-refractivity contribution in [3.05, 3.63) is 90.1 Å². The Labute approximate surface area is 187 Å². The summed E-state index contributed by atoms with van der Waals surface area (Å²) in [7, 11) is 0. The average Bonchev–Trinajstić information content (AvgIpc) is 3.29. The Balaban J connectivity index is 1.30. The van der Waals surface area contributed by atoms with Gasteiger partial charge in [-0.3, -0.25) is 0 Å². The Bertz CT molecular complexity index is 1080. The number of phenols is 2. The molecule has 0 bridgehead atoms. The lowest BCUT2D eigenvalue weighted by atomic mass is 9.88. The molecule has 3 aromatic carbocycles. The van der Waals surface area contributed by atoms with Crippen LogP contribution in [-0.4, -0.2) is 46.1 Å². The Morgan fingerprint density at radius 1 is 0.844 bits per heavy atom. The van der Waals surface area contributed by atoms with E-state index in [0.29, 0.717) is 13.1 Å². The van der Waals surface area contributed by atoms with Crippen LogP contribution in [0.2, 0.25) is 0 Å². The normalized spacial score (nSPS) is 12.3. The lowest BCUT2D eigenvalue weighted by Gasteiger charge is -2.20. The Hall–Kier alpha value is -3.48. The molecule has 166 valence electrons. The molecule has 0 aliphatic heterocycles. The summed E-state index contributed by atoms with van der Waals surface area (Å²) in [5.41, 5.74) is 3.17. The number of aliphatic hydroxyl groups excluding tert-OH is 1. The van der Waals surface area contributed by atoms with Crippen LogP contribution in [0, 0.1) is 0 Å². The van der Waals surface area contributed by atoms with Crippen LogP contribution in [-0.2, 0) is 0 Å². The molecule has 1 unspecified atom stereocenters. The third-order valence-electron chi connectivity index (χ3n) is 5.57. The van der Waals surface area contributed by atoms with Crippen LogP contribution in [0.5, 0.6) is 17.2 Å². The van der Waals surface area contributed by atoms with E-state index < -0.39 is 6.10 Å². The lowest BCUT2D eigenvalue weighted by Crippen LogP contribution is -2.32. The summed E-state index contributed by atoms with van der Waals surface area (Å²) < 4.78 is 5.82. The molecule has 0 aliphatic rings. The molecule has 0 saturated heterocycles. The molecule has 0 radical (unpaired) electrons. The first kappa shape index (κ1) is 21.7. The van der Waals surface area contributed by atoms with Crippen molar-refractivity contribution in [2.75, 3.05) is 19.7 Å². The Morgan fingerprint density at radius 3 is 2.16 bits per heavy atom. The van der Waals surface area contributed by atoms with Crippen LogP contribution in [0.25, 0.3) is 10.9 Å². The highest BCUT2D eigenvalue weighted by atomic mass is 16.5. The number of aromatic amines is 1. The van der Waals surface area contributed by atoms with Crippen LogP contribution < -0.4 is 10.1 Å². The Kier molecular flexibility index (Phi) is 6.94. The standard InChI is InChI=1S/C26H28N2O4/c29-20-8-4-18(5-9-20)23(19-6-10-21(30)11-7-19)12-14-27-16-22(31)17-32-26-3-1-2-25-24(26)13-15-28-25/h1-11,13,15,22-23,27-31H,12,14,16-17H2. The molecule has 5 N–H and O–H groups in total. The predicted octanol–water partition coefficient (Wildman–Crippen LogP) is 4.13. The van der Waals surface area contributed by atoms with E-state index >= 15 is 0 Å². The number of hydrogen-bond donors (Lipinski definition) is 5. The van der Waals surface area contributed by atoms with Gasteiger partial charge in [-0.2, -0.15) is 0 Å². The van der Waals surface area contributed by atoms with Gasteiger partial charge in [-0.1, -0.05) is 30.3 Å². The second kappa shape index (κ2) is 10.2. The number of aliphatic hydroxyl groups is 1. The van der Waals surface area contributed by atoms with Gasteiger partial charge in [-0.25, -0.2) is 0 Å². The molecule has 1 atom stereocenters. The quantitative estimate of drug-likeness (QED) is 0.243. The van der Waals surface area contributed by atoms with Crippen LogP contribution in [0.4, 0.5) is 0 Å². The van der Waals surface area contributed by atoms with Crippen molar-refractivity contribution >= 4 is 10.9 Å². The van der Waals surface area contributed by atoms with Gasteiger partial charge in [0.15, 0.2) is 0 Å². The van der Waals surface area contributed by atoms with E-state index in [2.05, 4.69) is 10.3 Å². The number of H-pyrrole nitrogens is 1. The summed E-state index contributed by atoms with van der Waals surface area (Å²) in [6.07, 6.45) is 2.03. The molecule has 6 nitrogen and oxygen atoms in total. The molecule has 1 aromatic heterocycles. The van der Waals surface area contributed by atoms with Gasteiger partial charge >= 0.3 is 0 Å². The number of phenolic OH excluding ortho intramolecular Hbond substituents is 2. The average molecular weight is 433 g/mol. The summed E-state index contributed by atoms with van der Waals surface area (Å²) >= 11 is 0. The van der Waals surface area contributed by atoms with Crippen LogP contribution >= 0.6 is 0 Å². The van der Waals surface area contributed by atoms with E-state index in [4.69, 9.17) is 4.74 Å². The largest absolute Gasteiger partial charge is 0.508 e. The predicted molar refractivity (Wildman–Crippen MR) is 125 cm³/mol.